The molecule has 0 radical (unpaired) electrons. The van der Waals surface area contributed by atoms with Gasteiger partial charge in [0.1, 0.15) is 0 Å². The van der Waals surface area contributed by atoms with E-state index in [9.17, 15) is 9.59 Å². The molecule has 34 heavy (non-hydrogen) atoms. The molecule has 176 valence electrons. The third-order valence-corrected chi connectivity index (χ3v) is 6.54. The van der Waals surface area contributed by atoms with Crippen LogP contribution in [0, 0.1) is 20.8 Å². The Hall–Kier alpha value is -3.47. The molecule has 0 spiro atoms. The molecule has 4 rings (SSSR count). The number of carbonyl (C=O) groups is 2. The van der Waals surface area contributed by atoms with E-state index in [0.717, 1.165) is 48.1 Å². The fourth-order valence-electron chi connectivity index (χ4n) is 5.07. The number of carbonyl (C=O) groups excluding carboxylic acids is 2. The summed E-state index contributed by atoms with van der Waals surface area (Å²) < 4.78 is 0. The van der Waals surface area contributed by atoms with Gasteiger partial charge in [-0.3, -0.25) is 19.5 Å². The number of nitrogens with zero attached hydrogens (tertiary/aromatic N) is 2. The number of hydrogen-bond donors (Lipinski definition) is 1. The molecule has 2 aromatic carbocycles. The smallest absolute Gasteiger partial charge is 0.259 e. The lowest BCUT2D eigenvalue weighted by Crippen LogP contribution is -2.48. The molecule has 1 aliphatic rings. The molecule has 1 atom stereocenters. The third kappa shape index (κ3) is 5.19. The minimum atomic E-state index is -0.879. The van der Waals surface area contributed by atoms with Crippen molar-refractivity contribution in [2.45, 2.75) is 65.0 Å². The Morgan fingerprint density at radius 1 is 0.912 bits per heavy atom. The van der Waals surface area contributed by atoms with Crippen LogP contribution in [0.3, 0.4) is 0 Å². The van der Waals surface area contributed by atoms with Crippen LogP contribution in [0.5, 0.6) is 0 Å². The molecular formula is C29H33N3O2. The maximum atomic E-state index is 14.1. The zero-order valence-electron chi connectivity index (χ0n) is 20.3. The van der Waals surface area contributed by atoms with Crippen molar-refractivity contribution in [1.29, 1.82) is 0 Å². The maximum Gasteiger partial charge on any atom is 0.259 e. The highest BCUT2D eigenvalue weighted by Gasteiger charge is 2.36. The van der Waals surface area contributed by atoms with E-state index in [1.54, 1.807) is 23.2 Å². The second kappa shape index (κ2) is 10.6. The summed E-state index contributed by atoms with van der Waals surface area (Å²) in [6.07, 6.45) is 7.04. The predicted molar refractivity (Wildman–Crippen MR) is 136 cm³/mol. The second-order valence-corrected chi connectivity index (χ2v) is 9.29. The van der Waals surface area contributed by atoms with E-state index in [4.69, 9.17) is 0 Å². The van der Waals surface area contributed by atoms with Crippen LogP contribution in [0.2, 0.25) is 0 Å². The normalized spacial score (nSPS) is 14.9. The molecule has 3 aromatic rings. The van der Waals surface area contributed by atoms with Crippen molar-refractivity contribution in [2.75, 3.05) is 4.90 Å². The van der Waals surface area contributed by atoms with Gasteiger partial charge in [-0.1, -0.05) is 61.2 Å². The number of anilines is 1. The van der Waals surface area contributed by atoms with Gasteiger partial charge in [-0.2, -0.15) is 0 Å². The lowest BCUT2D eigenvalue weighted by molar-refractivity contribution is -0.123. The van der Waals surface area contributed by atoms with Crippen molar-refractivity contribution in [1.82, 2.24) is 10.3 Å². The van der Waals surface area contributed by atoms with Gasteiger partial charge in [0.2, 0.25) is 5.91 Å². The molecule has 5 nitrogen and oxygen atoms in total. The topological polar surface area (TPSA) is 62.3 Å². The second-order valence-electron chi connectivity index (χ2n) is 9.29. The van der Waals surface area contributed by atoms with E-state index < -0.39 is 6.04 Å². The van der Waals surface area contributed by atoms with Crippen LogP contribution in [0.4, 0.5) is 5.69 Å². The van der Waals surface area contributed by atoms with Crippen LogP contribution >= 0.6 is 0 Å². The summed E-state index contributed by atoms with van der Waals surface area (Å²) in [5, 5.41) is 3.25. The molecule has 1 aliphatic carbocycles. The van der Waals surface area contributed by atoms with E-state index in [1.165, 1.54) is 6.42 Å². The number of nitrogens with one attached hydrogen (secondary N) is 1. The minimum absolute atomic E-state index is 0.126. The van der Waals surface area contributed by atoms with E-state index in [-0.39, 0.29) is 17.9 Å². The Morgan fingerprint density at radius 2 is 1.56 bits per heavy atom. The molecule has 1 N–H and O–H groups in total. The monoisotopic (exact) mass is 455 g/mol. The summed E-state index contributed by atoms with van der Waals surface area (Å²) in [6, 6.07) is 18.0. The van der Waals surface area contributed by atoms with Crippen LogP contribution in [0.15, 0.2) is 66.9 Å². The number of pyridine rings is 1. The molecule has 0 saturated heterocycles. The van der Waals surface area contributed by atoms with Gasteiger partial charge in [-0.15, -0.1) is 0 Å². The number of hydrogen-bond acceptors (Lipinski definition) is 3. The summed E-state index contributed by atoms with van der Waals surface area (Å²) in [6.45, 7) is 6.03. The molecular weight excluding hydrogens is 422 g/mol. The Kier molecular flexibility index (Phi) is 7.41. The van der Waals surface area contributed by atoms with Gasteiger partial charge < -0.3 is 5.32 Å². The van der Waals surface area contributed by atoms with Crippen LogP contribution in [0.1, 0.15) is 70.9 Å². The lowest BCUT2D eigenvalue weighted by atomic mass is 9.94. The average Bonchev–Trinajstić information content (AvgIpc) is 2.84. The third-order valence-electron chi connectivity index (χ3n) is 6.54. The SMILES string of the molecule is Cc1cc(C)c(N(C(=O)c2ccccc2)C(C(=O)NC2CCCCC2)c2ccccn2)c(C)c1. The van der Waals surface area contributed by atoms with Crippen molar-refractivity contribution < 1.29 is 9.59 Å². The highest BCUT2D eigenvalue weighted by molar-refractivity contribution is 6.10. The van der Waals surface area contributed by atoms with E-state index in [1.807, 2.05) is 57.2 Å². The summed E-state index contributed by atoms with van der Waals surface area (Å²) in [4.78, 5) is 34.2. The first kappa shape index (κ1) is 23.7. The zero-order valence-corrected chi connectivity index (χ0v) is 20.3. The molecule has 1 saturated carbocycles. The molecule has 1 fully saturated rings. The van der Waals surface area contributed by atoms with E-state index >= 15 is 0 Å². The number of benzene rings is 2. The number of amides is 2. The van der Waals surface area contributed by atoms with Crippen LogP contribution < -0.4 is 10.2 Å². The average molecular weight is 456 g/mol. The molecule has 5 heteroatoms. The van der Waals surface area contributed by atoms with Gasteiger partial charge in [0.25, 0.3) is 5.91 Å². The fourth-order valence-corrected chi connectivity index (χ4v) is 5.07. The highest BCUT2D eigenvalue weighted by atomic mass is 16.2. The van der Waals surface area contributed by atoms with Crippen molar-refractivity contribution in [2.24, 2.45) is 0 Å². The van der Waals surface area contributed by atoms with Crippen LogP contribution in [0.25, 0.3) is 0 Å². The maximum absolute atomic E-state index is 14.1. The van der Waals surface area contributed by atoms with Gasteiger partial charge in [0, 0.05) is 17.8 Å². The highest BCUT2D eigenvalue weighted by Crippen LogP contribution is 2.35. The molecule has 1 heterocycles. The fraction of sp³-hybridized carbons (Fsp3) is 0.345. The summed E-state index contributed by atoms with van der Waals surface area (Å²) in [5.41, 5.74) is 4.87. The van der Waals surface area contributed by atoms with Crippen molar-refractivity contribution in [3.05, 3.63) is 94.8 Å². The Labute approximate surface area is 202 Å². The molecule has 0 bridgehead atoms. The lowest BCUT2D eigenvalue weighted by Gasteiger charge is -2.34. The quantitative estimate of drug-likeness (QED) is 0.508. The Morgan fingerprint density at radius 3 is 2.18 bits per heavy atom. The summed E-state index contributed by atoms with van der Waals surface area (Å²) in [5.74, 6) is -0.403. The first-order valence-corrected chi connectivity index (χ1v) is 12.1. The van der Waals surface area contributed by atoms with Crippen molar-refractivity contribution >= 4 is 17.5 Å². The minimum Gasteiger partial charge on any atom is -0.351 e. The predicted octanol–water partition coefficient (Wildman–Crippen LogP) is 5.84. The van der Waals surface area contributed by atoms with Gasteiger partial charge in [0.15, 0.2) is 6.04 Å². The Balaban J connectivity index is 1.86. The molecule has 0 aliphatic heterocycles. The van der Waals surface area contributed by atoms with Gasteiger partial charge in [-0.05, 0) is 69.0 Å². The summed E-state index contributed by atoms with van der Waals surface area (Å²) >= 11 is 0. The van der Waals surface area contributed by atoms with Crippen LogP contribution in [-0.4, -0.2) is 22.8 Å². The van der Waals surface area contributed by atoms with E-state index in [0.29, 0.717) is 11.3 Å². The number of aryl methyl sites for hydroxylation is 3. The van der Waals surface area contributed by atoms with Crippen LogP contribution in [-0.2, 0) is 4.79 Å². The van der Waals surface area contributed by atoms with Gasteiger partial charge in [0.05, 0.1) is 11.4 Å². The van der Waals surface area contributed by atoms with E-state index in [2.05, 4.69) is 22.4 Å². The van der Waals surface area contributed by atoms with Crippen molar-refractivity contribution in [3.63, 3.8) is 0 Å². The number of aromatic nitrogens is 1. The number of rotatable bonds is 6. The van der Waals surface area contributed by atoms with Gasteiger partial charge >= 0.3 is 0 Å². The first-order chi connectivity index (χ1) is 16.5. The largest absolute Gasteiger partial charge is 0.351 e. The molecule has 1 unspecified atom stereocenters. The van der Waals surface area contributed by atoms with Gasteiger partial charge in [-0.25, -0.2) is 0 Å². The zero-order chi connectivity index (χ0) is 24.1. The first-order valence-electron chi connectivity index (χ1n) is 12.1. The molecule has 2 amide bonds. The standard InChI is InChI=1S/C29H33N3O2/c1-20-18-21(2)26(22(3)19-20)32(29(34)23-12-6-4-7-13-23)27(25-16-10-11-17-30-25)28(33)31-24-14-8-5-9-15-24/h4,6-7,10-13,16-19,24,27H,5,8-9,14-15H2,1-3H3,(H,31,33). The van der Waals surface area contributed by atoms with Crippen molar-refractivity contribution in [3.8, 4) is 0 Å². The molecule has 1 aromatic heterocycles. The summed E-state index contributed by atoms with van der Waals surface area (Å²) in [7, 11) is 0. The Bertz CT molecular complexity index is 1120.